The Morgan fingerprint density at radius 3 is 2.41 bits per heavy atom. The zero-order chi connectivity index (χ0) is 24.5. The van der Waals surface area contributed by atoms with E-state index in [1.807, 2.05) is 36.4 Å². The molecule has 3 N–H and O–H groups in total. The summed E-state index contributed by atoms with van der Waals surface area (Å²) in [6.45, 7) is 3.66. The van der Waals surface area contributed by atoms with Gasteiger partial charge in [-0.05, 0) is 49.9 Å². The highest BCUT2D eigenvalue weighted by Gasteiger charge is 2.32. The van der Waals surface area contributed by atoms with Gasteiger partial charge in [0.25, 0.3) is 0 Å². The highest BCUT2D eigenvalue weighted by Crippen LogP contribution is 2.24. The number of carbonyl (C=O) groups excluding carboxylic acids is 2. The van der Waals surface area contributed by atoms with Crippen LogP contribution in [0.2, 0.25) is 0 Å². The summed E-state index contributed by atoms with van der Waals surface area (Å²) >= 11 is 0. The third-order valence-electron chi connectivity index (χ3n) is 6.06. The van der Waals surface area contributed by atoms with Crippen molar-refractivity contribution in [3.05, 3.63) is 59.7 Å². The number of hydrogen-bond acceptors (Lipinski definition) is 5. The first-order valence-electron chi connectivity index (χ1n) is 11.7. The SMILES string of the molecule is CC(C(=O)c1ccc(CCCCCC(=O)O)c(N)c1)N(C(=O)N1CCOCC1)c1ccccc1. The van der Waals surface area contributed by atoms with Gasteiger partial charge in [0.1, 0.15) is 0 Å². The van der Waals surface area contributed by atoms with E-state index in [1.54, 1.807) is 28.9 Å². The molecule has 2 amide bonds. The Kier molecular flexibility index (Phi) is 9.04. The molecular weight excluding hydrogens is 434 g/mol. The first-order valence-corrected chi connectivity index (χ1v) is 11.7. The molecule has 2 aromatic rings. The van der Waals surface area contributed by atoms with Crippen molar-refractivity contribution in [2.45, 2.75) is 45.1 Å². The number of carbonyl (C=O) groups is 3. The number of urea groups is 1. The van der Waals surface area contributed by atoms with Crippen molar-refractivity contribution in [3.63, 3.8) is 0 Å². The lowest BCUT2D eigenvalue weighted by molar-refractivity contribution is -0.137. The summed E-state index contributed by atoms with van der Waals surface area (Å²) in [5.74, 6) is -0.974. The number of carboxylic acid groups (broad SMARTS) is 1. The van der Waals surface area contributed by atoms with E-state index in [2.05, 4.69) is 0 Å². The van der Waals surface area contributed by atoms with Gasteiger partial charge < -0.3 is 20.5 Å². The molecule has 0 radical (unpaired) electrons. The fourth-order valence-corrected chi connectivity index (χ4v) is 4.10. The second-order valence-corrected chi connectivity index (χ2v) is 8.50. The number of amides is 2. The molecule has 3 rings (SSSR count). The Labute approximate surface area is 200 Å². The number of rotatable bonds is 10. The zero-order valence-corrected chi connectivity index (χ0v) is 19.6. The van der Waals surface area contributed by atoms with Crippen LogP contribution >= 0.6 is 0 Å². The van der Waals surface area contributed by atoms with E-state index >= 15 is 0 Å². The second kappa shape index (κ2) is 12.2. The minimum atomic E-state index is -0.784. The molecule has 8 heteroatoms. The lowest BCUT2D eigenvalue weighted by Gasteiger charge is -2.35. The molecule has 1 atom stereocenters. The number of aryl methyl sites for hydroxylation is 1. The Morgan fingerprint density at radius 1 is 1.06 bits per heavy atom. The second-order valence-electron chi connectivity index (χ2n) is 8.50. The smallest absolute Gasteiger partial charge is 0.325 e. The van der Waals surface area contributed by atoms with Crippen molar-refractivity contribution in [3.8, 4) is 0 Å². The summed E-state index contributed by atoms with van der Waals surface area (Å²) in [6, 6.07) is 13.5. The molecule has 34 heavy (non-hydrogen) atoms. The number of Topliss-reactive ketones (excluding diaryl/α,β-unsaturated/α-hetero) is 1. The van der Waals surface area contributed by atoms with Crippen molar-refractivity contribution in [1.29, 1.82) is 0 Å². The number of anilines is 2. The van der Waals surface area contributed by atoms with Gasteiger partial charge in [0.2, 0.25) is 0 Å². The molecular formula is C26H33N3O5. The van der Waals surface area contributed by atoms with Crippen LogP contribution in [0, 0.1) is 0 Å². The van der Waals surface area contributed by atoms with Crippen LogP contribution in [-0.2, 0) is 16.0 Å². The molecule has 2 aromatic carbocycles. The molecule has 1 heterocycles. The molecule has 0 saturated carbocycles. The number of para-hydroxylation sites is 1. The molecule has 182 valence electrons. The number of unbranched alkanes of at least 4 members (excludes halogenated alkanes) is 2. The zero-order valence-electron chi connectivity index (χ0n) is 19.6. The van der Waals surface area contributed by atoms with Crippen LogP contribution in [0.4, 0.5) is 16.2 Å². The molecule has 1 aliphatic rings. The van der Waals surface area contributed by atoms with Gasteiger partial charge in [-0.3, -0.25) is 14.5 Å². The van der Waals surface area contributed by atoms with Gasteiger partial charge in [0, 0.05) is 36.4 Å². The third-order valence-corrected chi connectivity index (χ3v) is 6.06. The summed E-state index contributed by atoms with van der Waals surface area (Å²) in [6.07, 6.45) is 3.16. The van der Waals surface area contributed by atoms with Gasteiger partial charge in [0.15, 0.2) is 5.78 Å². The van der Waals surface area contributed by atoms with Gasteiger partial charge in [0.05, 0.1) is 19.3 Å². The highest BCUT2D eigenvalue weighted by atomic mass is 16.5. The van der Waals surface area contributed by atoms with E-state index in [4.69, 9.17) is 15.6 Å². The van der Waals surface area contributed by atoms with Crippen LogP contribution in [0.25, 0.3) is 0 Å². The summed E-state index contributed by atoms with van der Waals surface area (Å²) in [4.78, 5) is 40.7. The standard InChI is InChI=1S/C26H33N3O5/c1-19(29(22-9-5-3-6-10-22)26(33)28-14-16-34-17-15-28)25(32)21-13-12-20(23(27)18-21)8-4-2-7-11-24(30)31/h3,5-6,9-10,12-13,18-19H,2,4,7-8,11,14-17,27H2,1H3,(H,30,31). The molecule has 0 spiro atoms. The fraction of sp³-hybridized carbons (Fsp3) is 0.423. The maximum atomic E-state index is 13.4. The molecule has 1 aliphatic heterocycles. The van der Waals surface area contributed by atoms with Crippen LogP contribution in [0.5, 0.6) is 0 Å². The normalized spacial score (nSPS) is 14.4. The highest BCUT2D eigenvalue weighted by molar-refractivity contribution is 6.07. The topological polar surface area (TPSA) is 113 Å². The van der Waals surface area contributed by atoms with Crippen LogP contribution in [0.15, 0.2) is 48.5 Å². The van der Waals surface area contributed by atoms with Gasteiger partial charge in [-0.2, -0.15) is 0 Å². The quantitative estimate of drug-likeness (QED) is 0.310. The van der Waals surface area contributed by atoms with Crippen LogP contribution < -0.4 is 10.6 Å². The minimum Gasteiger partial charge on any atom is -0.481 e. The molecule has 1 unspecified atom stereocenters. The monoisotopic (exact) mass is 467 g/mol. The molecule has 0 aliphatic carbocycles. The Morgan fingerprint density at radius 2 is 1.76 bits per heavy atom. The lowest BCUT2D eigenvalue weighted by atomic mass is 9.98. The average Bonchev–Trinajstić information content (AvgIpc) is 2.85. The number of ether oxygens (including phenoxy) is 1. The fourth-order valence-electron chi connectivity index (χ4n) is 4.10. The van der Waals surface area contributed by atoms with Gasteiger partial charge >= 0.3 is 12.0 Å². The van der Waals surface area contributed by atoms with E-state index in [-0.39, 0.29) is 18.2 Å². The van der Waals surface area contributed by atoms with Crippen LogP contribution in [0.3, 0.4) is 0 Å². The largest absolute Gasteiger partial charge is 0.481 e. The number of nitrogens with two attached hydrogens (primary N) is 1. The first kappa shape index (κ1) is 25.2. The molecule has 0 aromatic heterocycles. The lowest BCUT2D eigenvalue weighted by Crippen LogP contribution is -2.53. The number of carboxylic acids is 1. The van der Waals surface area contributed by atoms with Crippen molar-refractivity contribution in [2.24, 2.45) is 0 Å². The van der Waals surface area contributed by atoms with Crippen molar-refractivity contribution in [2.75, 3.05) is 36.9 Å². The predicted octanol–water partition coefficient (Wildman–Crippen LogP) is 3.99. The van der Waals surface area contributed by atoms with E-state index in [1.165, 1.54) is 0 Å². The number of hydrogen-bond donors (Lipinski definition) is 2. The Bertz CT molecular complexity index is 989. The van der Waals surface area contributed by atoms with Gasteiger partial charge in [-0.1, -0.05) is 36.8 Å². The van der Waals surface area contributed by atoms with Crippen LogP contribution in [-0.4, -0.2) is 60.1 Å². The van der Waals surface area contributed by atoms with E-state index in [0.717, 1.165) is 24.8 Å². The van der Waals surface area contributed by atoms with E-state index in [9.17, 15) is 14.4 Å². The maximum Gasteiger partial charge on any atom is 0.325 e. The summed E-state index contributed by atoms with van der Waals surface area (Å²) in [5, 5.41) is 8.74. The predicted molar refractivity (Wildman–Crippen MR) is 131 cm³/mol. The minimum absolute atomic E-state index is 0.169. The third kappa shape index (κ3) is 6.57. The van der Waals surface area contributed by atoms with Crippen molar-refractivity contribution >= 4 is 29.2 Å². The van der Waals surface area contributed by atoms with Crippen molar-refractivity contribution < 1.29 is 24.2 Å². The summed E-state index contributed by atoms with van der Waals surface area (Å²) in [5.41, 5.74) is 8.81. The van der Waals surface area contributed by atoms with Gasteiger partial charge in [-0.15, -0.1) is 0 Å². The molecule has 1 saturated heterocycles. The van der Waals surface area contributed by atoms with Crippen LogP contribution in [0.1, 0.15) is 48.5 Å². The summed E-state index contributed by atoms with van der Waals surface area (Å²) < 4.78 is 5.37. The van der Waals surface area contributed by atoms with E-state index < -0.39 is 12.0 Å². The number of nitrogen functional groups attached to an aromatic ring is 1. The molecule has 1 fully saturated rings. The molecule has 0 bridgehead atoms. The number of benzene rings is 2. The molecule has 8 nitrogen and oxygen atoms in total. The Balaban J connectivity index is 1.73. The van der Waals surface area contributed by atoms with Gasteiger partial charge in [-0.25, -0.2) is 4.79 Å². The summed E-state index contributed by atoms with van der Waals surface area (Å²) in [7, 11) is 0. The van der Waals surface area contributed by atoms with E-state index in [0.29, 0.717) is 49.7 Å². The number of aliphatic carboxylic acids is 1. The Hall–Kier alpha value is -3.39. The maximum absolute atomic E-state index is 13.4. The number of nitrogens with zero attached hydrogens (tertiary/aromatic N) is 2. The average molecular weight is 468 g/mol. The number of morpholine rings is 1. The first-order chi connectivity index (χ1) is 16.4. The van der Waals surface area contributed by atoms with Crippen molar-refractivity contribution in [1.82, 2.24) is 4.90 Å². The number of ketones is 1.